The fourth-order valence-electron chi connectivity index (χ4n) is 3.14. The maximum Gasteiger partial charge on any atom is 0.351 e. The molecule has 3 aromatic rings. The number of nitrogens with zero attached hydrogens (tertiary/aromatic N) is 5. The maximum absolute atomic E-state index is 12.7. The molecule has 3 aromatic carbocycles. The van der Waals surface area contributed by atoms with E-state index in [9.17, 15) is 10.1 Å². The van der Waals surface area contributed by atoms with Crippen molar-refractivity contribution in [2.75, 3.05) is 5.12 Å². The van der Waals surface area contributed by atoms with Gasteiger partial charge < -0.3 is 12.4 Å². The van der Waals surface area contributed by atoms with Crippen LogP contribution in [0.3, 0.4) is 0 Å². The molecule has 1 atom stereocenters. The van der Waals surface area contributed by atoms with Gasteiger partial charge in [-0.1, -0.05) is 63.0 Å². The van der Waals surface area contributed by atoms with Gasteiger partial charge in [-0.2, -0.15) is 0 Å². The summed E-state index contributed by atoms with van der Waals surface area (Å²) in [6.45, 7) is 0. The summed E-state index contributed by atoms with van der Waals surface area (Å²) in [5.41, 5.74) is 1.81. The summed E-state index contributed by atoms with van der Waals surface area (Å²) in [5.74, 6) is 0.310. The van der Waals surface area contributed by atoms with Crippen LogP contribution in [0.15, 0.2) is 96.1 Å². The van der Waals surface area contributed by atoms with Crippen LogP contribution in [0.2, 0.25) is 0 Å². The van der Waals surface area contributed by atoms with Gasteiger partial charge in [-0.25, -0.2) is 10.1 Å². The minimum absolute atomic E-state index is 0. The first-order valence-corrected chi connectivity index (χ1v) is 9.18. The molecular formula is C19H15ClIN5O2. The molecule has 0 bridgehead atoms. The van der Waals surface area contributed by atoms with Gasteiger partial charge in [0, 0.05) is 12.1 Å². The van der Waals surface area contributed by atoms with E-state index < -0.39 is 4.70 Å². The summed E-state index contributed by atoms with van der Waals surface area (Å²) in [5, 5.41) is 18.5. The third kappa shape index (κ3) is 3.09. The van der Waals surface area contributed by atoms with Gasteiger partial charge >= 0.3 is 5.84 Å². The summed E-state index contributed by atoms with van der Waals surface area (Å²) in [7, 11) is 0. The Hall–Kier alpha value is -2.69. The number of nitro groups is 1. The minimum atomic E-state index is -0.780. The molecule has 0 spiro atoms. The van der Waals surface area contributed by atoms with E-state index >= 15 is 0 Å². The van der Waals surface area contributed by atoms with Crippen LogP contribution in [-0.4, -0.2) is 14.2 Å². The molecule has 9 heteroatoms. The van der Waals surface area contributed by atoms with E-state index in [1.165, 1.54) is 3.33 Å². The smallest absolute Gasteiger partial charge is 0.351 e. The van der Waals surface area contributed by atoms with Crippen LogP contribution in [0.5, 0.6) is 0 Å². The average molecular weight is 508 g/mol. The highest BCUT2D eigenvalue weighted by Gasteiger charge is 2.64. The van der Waals surface area contributed by atoms with Gasteiger partial charge in [-0.05, 0) is 29.4 Å². The molecule has 1 heterocycles. The number of hydrazone groups is 1. The molecule has 1 unspecified atom stereocenters. The lowest BCUT2D eigenvalue weighted by Gasteiger charge is -2.30. The first-order valence-electron chi connectivity index (χ1n) is 8.21. The zero-order chi connectivity index (χ0) is 18.9. The monoisotopic (exact) mass is 507 g/mol. The molecule has 28 heavy (non-hydrogen) atoms. The van der Waals surface area contributed by atoms with Crippen molar-refractivity contribution in [3.8, 4) is 0 Å². The number of hydrogen-bond acceptors (Lipinski definition) is 5. The van der Waals surface area contributed by atoms with Crippen molar-refractivity contribution in [3.05, 3.63) is 107 Å². The topological polar surface area (TPSA) is 62.0 Å². The molecule has 142 valence electrons. The van der Waals surface area contributed by atoms with Gasteiger partial charge in [0.15, 0.2) is 4.70 Å². The molecule has 0 fully saturated rings. The first kappa shape index (κ1) is 20.1. The average Bonchev–Trinajstić information content (AvgIpc) is 3.04. The predicted octanol–water partition coefficient (Wildman–Crippen LogP) is 1.55. The number of hydrazine groups is 1. The zero-order valence-electron chi connectivity index (χ0n) is 14.5. The largest absolute Gasteiger partial charge is 1.00 e. The van der Waals surface area contributed by atoms with Crippen molar-refractivity contribution in [1.29, 1.82) is 0 Å². The molecule has 0 amide bonds. The summed E-state index contributed by atoms with van der Waals surface area (Å²) in [6, 6.07) is 27.4. The summed E-state index contributed by atoms with van der Waals surface area (Å²) in [6.07, 6.45) is 0. The molecule has 4 rings (SSSR count). The standard InChI is InChI=1S/C19H15IN5O2.ClH/c20-23-21-19(16-10-4-1-5-11-16)25(24(26)27,18-14-8-3-9-15-18)22(23)17-12-6-2-7-13-17;/h1-15H;1H/q+1;/p-1. The number of para-hydroxylation sites is 2. The normalized spacial score (nSPS) is 18.4. The number of amidine groups is 1. The zero-order valence-corrected chi connectivity index (χ0v) is 17.4. The molecule has 1 aliphatic heterocycles. The molecule has 0 N–H and O–H groups in total. The number of hydrogen-bond donors (Lipinski definition) is 0. The number of halogens is 2. The van der Waals surface area contributed by atoms with Gasteiger partial charge in [0.2, 0.25) is 5.69 Å². The van der Waals surface area contributed by atoms with Crippen molar-refractivity contribution >= 4 is 40.1 Å². The Labute approximate surface area is 182 Å². The molecule has 1 aliphatic rings. The third-order valence-electron chi connectivity index (χ3n) is 4.27. The van der Waals surface area contributed by atoms with Crippen LogP contribution < -0.4 is 22.2 Å². The molecule has 0 saturated heterocycles. The van der Waals surface area contributed by atoms with Crippen molar-refractivity contribution in [2.45, 2.75) is 0 Å². The Bertz CT molecular complexity index is 991. The highest BCUT2D eigenvalue weighted by atomic mass is 127. The lowest BCUT2D eigenvalue weighted by atomic mass is 10.2. The van der Waals surface area contributed by atoms with E-state index in [2.05, 4.69) is 5.10 Å². The van der Waals surface area contributed by atoms with E-state index in [0.29, 0.717) is 22.8 Å². The fraction of sp³-hybridized carbons (Fsp3) is 0. The molecule has 0 aliphatic carbocycles. The second-order valence-electron chi connectivity index (χ2n) is 5.83. The van der Waals surface area contributed by atoms with Crippen LogP contribution in [0.4, 0.5) is 11.4 Å². The minimum Gasteiger partial charge on any atom is -1.00 e. The van der Waals surface area contributed by atoms with Crippen LogP contribution >= 0.6 is 22.9 Å². The Morgan fingerprint density at radius 3 is 1.89 bits per heavy atom. The Kier molecular flexibility index (Phi) is 5.82. The van der Waals surface area contributed by atoms with Crippen LogP contribution in [0.25, 0.3) is 0 Å². The fourth-order valence-corrected chi connectivity index (χ4v) is 3.87. The van der Waals surface area contributed by atoms with Crippen molar-refractivity contribution in [2.24, 2.45) is 5.10 Å². The van der Waals surface area contributed by atoms with Gasteiger partial charge in [0.25, 0.3) is 5.03 Å². The lowest BCUT2D eigenvalue weighted by Crippen LogP contribution is -3.00. The molecule has 0 radical (unpaired) electrons. The summed E-state index contributed by atoms with van der Waals surface area (Å²) < 4.78 is 0.711. The molecule has 0 saturated carbocycles. The second kappa shape index (κ2) is 8.13. The number of rotatable bonds is 4. The van der Waals surface area contributed by atoms with E-state index in [4.69, 9.17) is 0 Å². The van der Waals surface area contributed by atoms with E-state index in [-0.39, 0.29) is 17.4 Å². The number of benzene rings is 3. The van der Waals surface area contributed by atoms with Gasteiger partial charge in [0.05, 0.1) is 5.56 Å². The maximum atomic E-state index is 12.7. The van der Waals surface area contributed by atoms with Gasteiger partial charge in [-0.3, -0.25) is 0 Å². The molecule has 0 aromatic heterocycles. The number of anilines is 1. The number of quaternary nitrogens is 1. The second-order valence-corrected chi connectivity index (χ2v) is 6.69. The highest BCUT2D eigenvalue weighted by Crippen LogP contribution is 2.40. The predicted molar refractivity (Wildman–Crippen MR) is 113 cm³/mol. The summed E-state index contributed by atoms with van der Waals surface area (Å²) >= 11 is 1.98. The van der Waals surface area contributed by atoms with Crippen LogP contribution in [0.1, 0.15) is 5.56 Å². The quantitative estimate of drug-likeness (QED) is 0.177. The lowest BCUT2D eigenvalue weighted by molar-refractivity contribution is -0.620. The third-order valence-corrected chi connectivity index (χ3v) is 4.90. The molecule has 7 nitrogen and oxygen atoms in total. The van der Waals surface area contributed by atoms with Gasteiger partial charge in [-0.15, -0.1) is 0 Å². The van der Waals surface area contributed by atoms with Crippen molar-refractivity contribution in [1.82, 2.24) is 8.03 Å². The Morgan fingerprint density at radius 1 is 0.857 bits per heavy atom. The Morgan fingerprint density at radius 2 is 1.36 bits per heavy atom. The van der Waals surface area contributed by atoms with Crippen molar-refractivity contribution < 1.29 is 17.4 Å². The van der Waals surface area contributed by atoms with E-state index in [1.807, 2.05) is 89.6 Å². The van der Waals surface area contributed by atoms with Crippen LogP contribution in [-0.2, 0) is 0 Å². The SMILES string of the molecule is O=[N+]([O-])[N+]1(c2ccccc2)C(c2ccccc2)=NN(I)N1c1ccccc1.[Cl-]. The summed E-state index contributed by atoms with van der Waals surface area (Å²) in [4.78, 5) is 12.7. The molecular weight excluding hydrogens is 493 g/mol. The van der Waals surface area contributed by atoms with Gasteiger partial charge in [0.1, 0.15) is 28.6 Å². The van der Waals surface area contributed by atoms with Crippen molar-refractivity contribution in [3.63, 3.8) is 0 Å². The Balaban J connectivity index is 0.00000225. The van der Waals surface area contributed by atoms with Crippen LogP contribution in [0, 0.1) is 10.1 Å². The first-order chi connectivity index (χ1) is 13.2. The van der Waals surface area contributed by atoms with E-state index in [0.717, 1.165) is 0 Å². The highest BCUT2D eigenvalue weighted by molar-refractivity contribution is 14.1. The van der Waals surface area contributed by atoms with E-state index in [1.54, 1.807) is 29.4 Å².